The molecule has 1 radical (unpaired) electrons. The molecule has 0 amide bonds. The summed E-state index contributed by atoms with van der Waals surface area (Å²) in [4.78, 5) is 0. The van der Waals surface area contributed by atoms with E-state index in [1.165, 1.54) is 5.57 Å². The van der Waals surface area contributed by atoms with Crippen LogP contribution in [0.4, 0.5) is 0 Å². The van der Waals surface area contributed by atoms with E-state index in [4.69, 9.17) is 14.2 Å². The van der Waals surface area contributed by atoms with E-state index in [0.29, 0.717) is 6.61 Å². The van der Waals surface area contributed by atoms with Crippen molar-refractivity contribution in [3.8, 4) is 11.5 Å². The average Bonchev–Trinajstić information content (AvgIpc) is 2.50. The molecule has 0 aliphatic heterocycles. The minimum Gasteiger partial charge on any atom is -0.498 e. The van der Waals surface area contributed by atoms with Crippen LogP contribution in [0.1, 0.15) is 18.9 Å². The molecule has 0 saturated heterocycles. The molecule has 3 heteroatoms. The normalized spacial score (nSPS) is 14.3. The van der Waals surface area contributed by atoms with Crippen LogP contribution in [-0.4, -0.2) is 20.8 Å². The van der Waals surface area contributed by atoms with Crippen LogP contribution in [0.15, 0.2) is 41.7 Å². The second kappa shape index (κ2) is 7.04. The van der Waals surface area contributed by atoms with E-state index in [2.05, 4.69) is 18.6 Å². The number of hydrogen-bond donors (Lipinski definition) is 0. The highest BCUT2D eigenvalue weighted by atomic mass is 16.5. The summed E-state index contributed by atoms with van der Waals surface area (Å²) in [6.07, 6.45) is 8.12. The third-order valence-corrected chi connectivity index (χ3v) is 3.25. The van der Waals surface area contributed by atoms with Crippen molar-refractivity contribution in [3.05, 3.63) is 53.7 Å². The van der Waals surface area contributed by atoms with Crippen LogP contribution < -0.4 is 9.47 Å². The lowest BCUT2D eigenvalue weighted by molar-refractivity contribution is 0.231. The van der Waals surface area contributed by atoms with E-state index in [1.54, 1.807) is 14.2 Å². The fourth-order valence-electron chi connectivity index (χ4n) is 2.25. The van der Waals surface area contributed by atoms with Crippen molar-refractivity contribution in [1.82, 2.24) is 0 Å². The van der Waals surface area contributed by atoms with Gasteiger partial charge in [0, 0.05) is 18.9 Å². The molecule has 0 fully saturated rings. The fraction of sp³-hybridized carbons (Fsp3) is 0.353. The molecule has 0 atom stereocenters. The summed E-state index contributed by atoms with van der Waals surface area (Å²) < 4.78 is 16.4. The van der Waals surface area contributed by atoms with Crippen LogP contribution >= 0.6 is 0 Å². The topological polar surface area (TPSA) is 27.7 Å². The van der Waals surface area contributed by atoms with Gasteiger partial charge in [-0.2, -0.15) is 0 Å². The van der Waals surface area contributed by atoms with Gasteiger partial charge in [0.25, 0.3) is 0 Å². The van der Waals surface area contributed by atoms with Gasteiger partial charge in [-0.15, -0.1) is 0 Å². The SMILES string of the molecule is CCOC1=C(Cc2ccc(OC)cc2OC)C=CC[CH]1. The highest BCUT2D eigenvalue weighted by Gasteiger charge is 2.13. The molecule has 1 aromatic carbocycles. The quantitative estimate of drug-likeness (QED) is 0.791. The van der Waals surface area contributed by atoms with Crippen LogP contribution in [0.25, 0.3) is 0 Å². The van der Waals surface area contributed by atoms with E-state index in [-0.39, 0.29) is 0 Å². The highest BCUT2D eigenvalue weighted by molar-refractivity contribution is 5.45. The van der Waals surface area contributed by atoms with Crippen LogP contribution in [0.3, 0.4) is 0 Å². The molecule has 0 N–H and O–H groups in total. The van der Waals surface area contributed by atoms with Gasteiger partial charge in [0.2, 0.25) is 0 Å². The molecule has 0 spiro atoms. The Morgan fingerprint density at radius 1 is 1.15 bits per heavy atom. The number of allylic oxidation sites excluding steroid dienone is 4. The summed E-state index contributed by atoms with van der Waals surface area (Å²) in [6, 6.07) is 5.90. The summed E-state index contributed by atoms with van der Waals surface area (Å²) in [5.74, 6) is 2.62. The van der Waals surface area contributed by atoms with Crippen LogP contribution in [0.2, 0.25) is 0 Å². The Balaban J connectivity index is 2.26. The third-order valence-electron chi connectivity index (χ3n) is 3.25. The first kappa shape index (κ1) is 14.5. The molecule has 3 nitrogen and oxygen atoms in total. The lowest BCUT2D eigenvalue weighted by atomic mass is 9.97. The summed E-state index contributed by atoms with van der Waals surface area (Å²) in [5, 5.41) is 0. The Morgan fingerprint density at radius 2 is 2.00 bits per heavy atom. The van der Waals surface area contributed by atoms with Crippen LogP contribution in [0, 0.1) is 6.42 Å². The maximum absolute atomic E-state index is 5.69. The van der Waals surface area contributed by atoms with E-state index in [0.717, 1.165) is 35.7 Å². The first-order chi connectivity index (χ1) is 9.78. The van der Waals surface area contributed by atoms with Gasteiger partial charge in [-0.1, -0.05) is 18.2 Å². The number of rotatable bonds is 6. The number of methoxy groups -OCH3 is 2. The molecule has 1 aliphatic carbocycles. The predicted octanol–water partition coefficient (Wildman–Crippen LogP) is 3.70. The van der Waals surface area contributed by atoms with Crippen molar-refractivity contribution < 1.29 is 14.2 Å². The summed E-state index contributed by atoms with van der Waals surface area (Å²) in [7, 11) is 3.34. The monoisotopic (exact) mass is 273 g/mol. The molecule has 2 rings (SSSR count). The van der Waals surface area contributed by atoms with Crippen molar-refractivity contribution in [2.75, 3.05) is 20.8 Å². The van der Waals surface area contributed by atoms with E-state index < -0.39 is 0 Å². The lowest BCUT2D eigenvalue weighted by Crippen LogP contribution is -2.04. The van der Waals surface area contributed by atoms with E-state index in [1.807, 2.05) is 25.1 Å². The zero-order valence-corrected chi connectivity index (χ0v) is 12.3. The Morgan fingerprint density at radius 3 is 2.70 bits per heavy atom. The molecule has 1 aliphatic rings. The standard InChI is InChI=1S/C17H21O3/c1-4-20-16-8-6-5-7-13(16)11-14-9-10-15(18-2)12-17(14)19-3/h5,7-10,12H,4,6,11H2,1-3H3. The second-order valence-corrected chi connectivity index (χ2v) is 4.52. The molecular formula is C17H21O3. The summed E-state index contributed by atoms with van der Waals surface area (Å²) in [5.41, 5.74) is 2.31. The maximum Gasteiger partial charge on any atom is 0.126 e. The third kappa shape index (κ3) is 3.35. The molecule has 0 bridgehead atoms. The van der Waals surface area contributed by atoms with Gasteiger partial charge in [0.15, 0.2) is 0 Å². The van der Waals surface area contributed by atoms with Gasteiger partial charge in [-0.3, -0.25) is 0 Å². The minimum absolute atomic E-state index is 0.683. The second-order valence-electron chi connectivity index (χ2n) is 4.52. The minimum atomic E-state index is 0.683. The van der Waals surface area contributed by atoms with E-state index in [9.17, 15) is 0 Å². The maximum atomic E-state index is 5.69. The fourth-order valence-corrected chi connectivity index (χ4v) is 2.25. The molecule has 107 valence electrons. The molecule has 0 heterocycles. The summed E-state index contributed by atoms with van der Waals surface area (Å²) >= 11 is 0. The average molecular weight is 273 g/mol. The van der Waals surface area contributed by atoms with Gasteiger partial charge in [-0.05, 0) is 30.5 Å². The van der Waals surface area contributed by atoms with Crippen LogP contribution in [0.5, 0.6) is 11.5 Å². The van der Waals surface area contributed by atoms with Crippen molar-refractivity contribution in [1.29, 1.82) is 0 Å². The smallest absolute Gasteiger partial charge is 0.126 e. The largest absolute Gasteiger partial charge is 0.498 e. The molecule has 0 saturated carbocycles. The zero-order chi connectivity index (χ0) is 14.4. The van der Waals surface area contributed by atoms with Gasteiger partial charge in [0.05, 0.1) is 20.8 Å². The highest BCUT2D eigenvalue weighted by Crippen LogP contribution is 2.29. The first-order valence-corrected chi connectivity index (χ1v) is 6.85. The number of ether oxygens (including phenoxy) is 3. The zero-order valence-electron chi connectivity index (χ0n) is 12.3. The number of hydrogen-bond acceptors (Lipinski definition) is 3. The van der Waals surface area contributed by atoms with Crippen molar-refractivity contribution in [2.24, 2.45) is 0 Å². The van der Waals surface area contributed by atoms with Crippen molar-refractivity contribution in [3.63, 3.8) is 0 Å². The molecule has 0 aromatic heterocycles. The lowest BCUT2D eigenvalue weighted by Gasteiger charge is -2.17. The first-order valence-electron chi connectivity index (χ1n) is 6.85. The molecular weight excluding hydrogens is 252 g/mol. The Kier molecular flexibility index (Phi) is 5.10. The van der Waals surface area contributed by atoms with Gasteiger partial charge in [0.1, 0.15) is 17.3 Å². The predicted molar refractivity (Wildman–Crippen MR) is 80.0 cm³/mol. The van der Waals surface area contributed by atoms with Crippen molar-refractivity contribution >= 4 is 0 Å². The van der Waals surface area contributed by atoms with Crippen LogP contribution in [-0.2, 0) is 11.2 Å². The molecule has 1 aromatic rings. The Bertz CT molecular complexity index is 515. The van der Waals surface area contributed by atoms with Gasteiger partial charge >= 0.3 is 0 Å². The van der Waals surface area contributed by atoms with Gasteiger partial charge in [-0.25, -0.2) is 0 Å². The molecule has 0 unspecified atom stereocenters. The van der Waals surface area contributed by atoms with Crippen molar-refractivity contribution in [2.45, 2.75) is 19.8 Å². The summed E-state index contributed by atoms with van der Waals surface area (Å²) in [6.45, 7) is 2.69. The Hall–Kier alpha value is -1.90. The molecule has 20 heavy (non-hydrogen) atoms. The number of benzene rings is 1. The van der Waals surface area contributed by atoms with Gasteiger partial charge < -0.3 is 14.2 Å². The Labute approximate surface area is 120 Å². The van der Waals surface area contributed by atoms with E-state index >= 15 is 0 Å².